The van der Waals surface area contributed by atoms with E-state index in [1.807, 2.05) is 30.3 Å². The zero-order valence-electron chi connectivity index (χ0n) is 11.7. The Bertz CT molecular complexity index is 611. The van der Waals surface area contributed by atoms with E-state index >= 15 is 0 Å². The van der Waals surface area contributed by atoms with Gasteiger partial charge in [-0.2, -0.15) is 0 Å². The molecule has 2 nitrogen and oxygen atoms in total. The summed E-state index contributed by atoms with van der Waals surface area (Å²) in [4.78, 5) is 2.35. The highest BCUT2D eigenvalue weighted by molar-refractivity contribution is 6.31. The van der Waals surface area contributed by atoms with Crippen LogP contribution in [-0.4, -0.2) is 31.1 Å². The molecule has 1 heterocycles. The van der Waals surface area contributed by atoms with Crippen molar-refractivity contribution in [3.05, 3.63) is 70.5 Å². The maximum Gasteiger partial charge on any atom is 0.123 e. The zero-order valence-corrected chi connectivity index (χ0v) is 12.5. The van der Waals surface area contributed by atoms with E-state index in [4.69, 9.17) is 11.6 Å². The highest BCUT2D eigenvalue weighted by Gasteiger charge is 2.25. The van der Waals surface area contributed by atoms with Gasteiger partial charge in [0.25, 0.3) is 0 Å². The SMILES string of the molecule is Fc1cccc(C(c2ccccc2Cl)N2CCNCC2)c1. The predicted molar refractivity (Wildman–Crippen MR) is 84.1 cm³/mol. The van der Waals surface area contributed by atoms with Crippen LogP contribution in [-0.2, 0) is 0 Å². The lowest BCUT2D eigenvalue weighted by Crippen LogP contribution is -2.45. The van der Waals surface area contributed by atoms with Crippen LogP contribution in [0, 0.1) is 5.82 Å². The monoisotopic (exact) mass is 304 g/mol. The van der Waals surface area contributed by atoms with Crippen molar-refractivity contribution >= 4 is 11.6 Å². The average Bonchev–Trinajstić information content (AvgIpc) is 2.51. The molecule has 1 aliphatic rings. The van der Waals surface area contributed by atoms with E-state index in [0.717, 1.165) is 42.3 Å². The number of halogens is 2. The zero-order chi connectivity index (χ0) is 14.7. The van der Waals surface area contributed by atoms with Gasteiger partial charge in [0.2, 0.25) is 0 Å². The summed E-state index contributed by atoms with van der Waals surface area (Å²) in [6.45, 7) is 3.73. The van der Waals surface area contributed by atoms with Crippen molar-refractivity contribution in [3.63, 3.8) is 0 Å². The molecule has 0 aliphatic carbocycles. The van der Waals surface area contributed by atoms with Crippen LogP contribution in [0.25, 0.3) is 0 Å². The van der Waals surface area contributed by atoms with Gasteiger partial charge in [0.1, 0.15) is 5.82 Å². The molecule has 21 heavy (non-hydrogen) atoms. The molecule has 0 spiro atoms. The molecule has 1 atom stereocenters. The first-order valence-corrected chi connectivity index (χ1v) is 7.58. The Kier molecular flexibility index (Phi) is 4.54. The summed E-state index contributed by atoms with van der Waals surface area (Å²) in [7, 11) is 0. The van der Waals surface area contributed by atoms with E-state index in [1.54, 1.807) is 12.1 Å². The molecule has 0 amide bonds. The minimum atomic E-state index is -0.209. The summed E-state index contributed by atoms with van der Waals surface area (Å²) in [5.41, 5.74) is 1.98. The normalized spacial score (nSPS) is 17.6. The summed E-state index contributed by atoms with van der Waals surface area (Å²) < 4.78 is 13.6. The number of rotatable bonds is 3. The summed E-state index contributed by atoms with van der Waals surface area (Å²) >= 11 is 6.39. The number of hydrogen-bond donors (Lipinski definition) is 1. The van der Waals surface area contributed by atoms with Crippen LogP contribution in [0.4, 0.5) is 4.39 Å². The van der Waals surface area contributed by atoms with E-state index in [9.17, 15) is 4.39 Å². The smallest absolute Gasteiger partial charge is 0.123 e. The Labute approximate surface area is 129 Å². The van der Waals surface area contributed by atoms with Gasteiger partial charge in [-0.1, -0.05) is 41.9 Å². The second kappa shape index (κ2) is 6.56. The van der Waals surface area contributed by atoms with Crippen LogP contribution in [0.3, 0.4) is 0 Å². The first-order chi connectivity index (χ1) is 10.3. The molecule has 3 rings (SSSR count). The van der Waals surface area contributed by atoms with E-state index in [2.05, 4.69) is 10.2 Å². The Balaban J connectivity index is 2.04. The lowest BCUT2D eigenvalue weighted by molar-refractivity contribution is 0.198. The van der Waals surface area contributed by atoms with Gasteiger partial charge in [-0.25, -0.2) is 4.39 Å². The van der Waals surface area contributed by atoms with Crippen molar-refractivity contribution in [2.24, 2.45) is 0 Å². The van der Waals surface area contributed by atoms with E-state index in [1.165, 1.54) is 6.07 Å². The van der Waals surface area contributed by atoms with Crippen LogP contribution in [0.2, 0.25) is 5.02 Å². The Morgan fingerprint density at radius 3 is 2.52 bits per heavy atom. The minimum Gasteiger partial charge on any atom is -0.314 e. The minimum absolute atomic E-state index is 0.00324. The second-order valence-corrected chi connectivity index (χ2v) is 5.67. The Morgan fingerprint density at radius 2 is 1.81 bits per heavy atom. The van der Waals surface area contributed by atoms with E-state index in [0.29, 0.717) is 0 Å². The number of hydrogen-bond acceptors (Lipinski definition) is 2. The second-order valence-electron chi connectivity index (χ2n) is 5.27. The average molecular weight is 305 g/mol. The molecule has 4 heteroatoms. The number of nitrogens with zero attached hydrogens (tertiary/aromatic N) is 1. The molecule has 1 aliphatic heterocycles. The van der Waals surface area contributed by atoms with Gasteiger partial charge in [-0.05, 0) is 29.3 Å². The molecule has 110 valence electrons. The summed E-state index contributed by atoms with van der Waals surface area (Å²) in [6.07, 6.45) is 0. The van der Waals surface area contributed by atoms with Gasteiger partial charge in [0.15, 0.2) is 0 Å². The lowest BCUT2D eigenvalue weighted by Gasteiger charge is -2.36. The maximum absolute atomic E-state index is 13.6. The molecule has 2 aromatic carbocycles. The van der Waals surface area contributed by atoms with Crippen molar-refractivity contribution in [3.8, 4) is 0 Å². The lowest BCUT2D eigenvalue weighted by atomic mass is 9.96. The molecule has 0 aromatic heterocycles. The molecule has 0 bridgehead atoms. The summed E-state index contributed by atoms with van der Waals surface area (Å²) in [6, 6.07) is 14.6. The molecular formula is C17H18ClFN2. The van der Waals surface area contributed by atoms with Crippen molar-refractivity contribution in [1.82, 2.24) is 10.2 Å². The van der Waals surface area contributed by atoms with E-state index < -0.39 is 0 Å². The molecule has 1 N–H and O–H groups in total. The van der Waals surface area contributed by atoms with Gasteiger partial charge in [0, 0.05) is 31.2 Å². The van der Waals surface area contributed by atoms with Crippen LogP contribution in [0.5, 0.6) is 0 Å². The van der Waals surface area contributed by atoms with Crippen LogP contribution in [0.15, 0.2) is 48.5 Å². The number of benzene rings is 2. The molecule has 0 radical (unpaired) electrons. The molecule has 1 unspecified atom stereocenters. The van der Waals surface area contributed by atoms with Gasteiger partial charge < -0.3 is 5.32 Å². The maximum atomic E-state index is 13.6. The molecule has 1 fully saturated rings. The topological polar surface area (TPSA) is 15.3 Å². The quantitative estimate of drug-likeness (QED) is 0.934. The third-order valence-electron chi connectivity index (χ3n) is 3.88. The van der Waals surface area contributed by atoms with E-state index in [-0.39, 0.29) is 11.9 Å². The van der Waals surface area contributed by atoms with Gasteiger partial charge in [-0.3, -0.25) is 4.90 Å². The Morgan fingerprint density at radius 1 is 1.05 bits per heavy atom. The van der Waals surface area contributed by atoms with Crippen molar-refractivity contribution in [1.29, 1.82) is 0 Å². The standard InChI is InChI=1S/C17H18ClFN2/c18-16-7-2-1-6-15(16)17(21-10-8-20-9-11-21)13-4-3-5-14(19)12-13/h1-7,12,17,20H,8-11H2. The first kappa shape index (κ1) is 14.5. The van der Waals surface area contributed by atoms with Gasteiger partial charge in [-0.15, -0.1) is 0 Å². The number of piperazine rings is 1. The first-order valence-electron chi connectivity index (χ1n) is 7.20. The molecular weight excluding hydrogens is 287 g/mol. The Hall–Kier alpha value is -1.42. The highest BCUT2D eigenvalue weighted by Crippen LogP contribution is 2.33. The highest BCUT2D eigenvalue weighted by atomic mass is 35.5. The third kappa shape index (κ3) is 3.26. The van der Waals surface area contributed by atoms with Crippen LogP contribution < -0.4 is 5.32 Å². The molecule has 1 saturated heterocycles. The number of nitrogens with one attached hydrogen (secondary N) is 1. The fourth-order valence-electron chi connectivity index (χ4n) is 2.90. The fourth-order valence-corrected chi connectivity index (χ4v) is 3.14. The predicted octanol–water partition coefficient (Wildman–Crippen LogP) is 3.47. The van der Waals surface area contributed by atoms with Crippen molar-refractivity contribution in [2.75, 3.05) is 26.2 Å². The van der Waals surface area contributed by atoms with Crippen molar-refractivity contribution < 1.29 is 4.39 Å². The van der Waals surface area contributed by atoms with Crippen LogP contribution >= 0.6 is 11.6 Å². The summed E-state index contributed by atoms with van der Waals surface area (Å²) in [5, 5.41) is 4.08. The van der Waals surface area contributed by atoms with Crippen molar-refractivity contribution in [2.45, 2.75) is 6.04 Å². The summed E-state index contributed by atoms with van der Waals surface area (Å²) in [5.74, 6) is -0.209. The van der Waals surface area contributed by atoms with Gasteiger partial charge in [0.05, 0.1) is 6.04 Å². The van der Waals surface area contributed by atoms with Crippen LogP contribution in [0.1, 0.15) is 17.2 Å². The fraction of sp³-hybridized carbons (Fsp3) is 0.294. The molecule has 2 aromatic rings. The van der Waals surface area contributed by atoms with Gasteiger partial charge >= 0.3 is 0 Å². The largest absolute Gasteiger partial charge is 0.314 e. The molecule has 0 saturated carbocycles. The third-order valence-corrected chi connectivity index (χ3v) is 4.23.